The van der Waals surface area contributed by atoms with E-state index in [0.717, 1.165) is 6.42 Å². The number of benzene rings is 1. The summed E-state index contributed by atoms with van der Waals surface area (Å²) in [6.45, 7) is 2.24. The molecule has 0 aliphatic heterocycles. The van der Waals surface area contributed by atoms with Crippen LogP contribution in [0.4, 0.5) is 0 Å². The molecule has 0 atom stereocenters. The lowest BCUT2D eigenvalue weighted by atomic mass is 10.3. The molecule has 84 valence electrons. The van der Waals surface area contributed by atoms with E-state index in [1.54, 1.807) is 6.07 Å². The van der Waals surface area contributed by atoms with Crippen molar-refractivity contribution in [2.75, 3.05) is 6.61 Å². The molecule has 0 fully saturated rings. The van der Waals surface area contributed by atoms with Crippen LogP contribution in [0.15, 0.2) is 22.6 Å². The number of aromatic nitrogens is 1. The average molecular weight is 221 g/mol. The Labute approximate surface area is 91.7 Å². The third-order valence-electron chi connectivity index (χ3n) is 1.98. The zero-order chi connectivity index (χ0) is 11.5. The largest absolute Gasteiger partial charge is 0.508 e. The molecule has 16 heavy (non-hydrogen) atoms. The molecule has 0 aliphatic rings. The molecule has 2 aromatic rings. The summed E-state index contributed by atoms with van der Waals surface area (Å²) in [4.78, 5) is 15.4. The SMILES string of the molecule is CCCOC(=O)c1nc2ccc(O)cc2o1. The van der Waals surface area contributed by atoms with Crippen LogP contribution in [0.3, 0.4) is 0 Å². The third kappa shape index (κ3) is 1.98. The van der Waals surface area contributed by atoms with Gasteiger partial charge >= 0.3 is 11.9 Å². The van der Waals surface area contributed by atoms with Crippen molar-refractivity contribution >= 4 is 17.1 Å². The van der Waals surface area contributed by atoms with E-state index in [2.05, 4.69) is 4.98 Å². The average Bonchev–Trinajstić information content (AvgIpc) is 2.68. The van der Waals surface area contributed by atoms with Gasteiger partial charge in [0.2, 0.25) is 0 Å². The van der Waals surface area contributed by atoms with Gasteiger partial charge < -0.3 is 14.3 Å². The fourth-order valence-electron chi connectivity index (χ4n) is 1.26. The van der Waals surface area contributed by atoms with Crippen LogP contribution in [0.25, 0.3) is 11.1 Å². The number of carbonyl (C=O) groups is 1. The quantitative estimate of drug-likeness (QED) is 0.803. The van der Waals surface area contributed by atoms with Crippen molar-refractivity contribution in [2.45, 2.75) is 13.3 Å². The number of rotatable bonds is 3. The van der Waals surface area contributed by atoms with Crippen LogP contribution in [0.5, 0.6) is 5.75 Å². The minimum Gasteiger partial charge on any atom is -0.508 e. The predicted molar refractivity (Wildman–Crippen MR) is 56.2 cm³/mol. The van der Waals surface area contributed by atoms with Gasteiger partial charge in [0.25, 0.3) is 0 Å². The first-order valence-corrected chi connectivity index (χ1v) is 4.97. The van der Waals surface area contributed by atoms with Crippen LogP contribution in [0.1, 0.15) is 24.0 Å². The van der Waals surface area contributed by atoms with Crippen LogP contribution < -0.4 is 0 Å². The van der Waals surface area contributed by atoms with E-state index in [1.807, 2.05) is 6.92 Å². The fourth-order valence-corrected chi connectivity index (χ4v) is 1.26. The zero-order valence-electron chi connectivity index (χ0n) is 8.77. The molecule has 0 spiro atoms. The van der Waals surface area contributed by atoms with Crippen LogP contribution in [-0.4, -0.2) is 22.7 Å². The van der Waals surface area contributed by atoms with E-state index < -0.39 is 5.97 Å². The lowest BCUT2D eigenvalue weighted by molar-refractivity contribution is 0.0462. The Hall–Kier alpha value is -2.04. The Kier molecular flexibility index (Phi) is 2.76. The number of phenols is 1. The minimum absolute atomic E-state index is 0.0668. The number of esters is 1. The molecule has 1 N–H and O–H groups in total. The van der Waals surface area contributed by atoms with Gasteiger partial charge in [-0.3, -0.25) is 0 Å². The number of fused-ring (bicyclic) bond motifs is 1. The number of aromatic hydroxyl groups is 1. The normalized spacial score (nSPS) is 10.6. The second-order valence-corrected chi connectivity index (χ2v) is 3.31. The van der Waals surface area contributed by atoms with Crippen molar-refractivity contribution in [1.82, 2.24) is 4.98 Å². The molecule has 0 saturated carbocycles. The standard InChI is InChI=1S/C11H11NO4/c1-2-5-15-11(14)10-12-8-4-3-7(13)6-9(8)16-10/h3-4,6,13H,2,5H2,1H3. The molecule has 0 aliphatic carbocycles. The topological polar surface area (TPSA) is 72.6 Å². The summed E-state index contributed by atoms with van der Waals surface area (Å²) in [6.07, 6.45) is 0.743. The van der Waals surface area contributed by atoms with Crippen LogP contribution in [0.2, 0.25) is 0 Å². The van der Waals surface area contributed by atoms with Gasteiger partial charge in [-0.25, -0.2) is 9.78 Å². The highest BCUT2D eigenvalue weighted by atomic mass is 16.5. The van der Waals surface area contributed by atoms with Crippen molar-refractivity contribution in [3.63, 3.8) is 0 Å². The summed E-state index contributed by atoms with van der Waals surface area (Å²) in [5.74, 6) is -0.608. The van der Waals surface area contributed by atoms with Gasteiger partial charge in [0, 0.05) is 6.07 Å². The maximum absolute atomic E-state index is 11.4. The maximum Gasteiger partial charge on any atom is 0.394 e. The van der Waals surface area contributed by atoms with Gasteiger partial charge in [-0.2, -0.15) is 0 Å². The molecule has 0 amide bonds. The van der Waals surface area contributed by atoms with E-state index in [-0.39, 0.29) is 11.6 Å². The molecule has 1 aromatic heterocycles. The van der Waals surface area contributed by atoms with Crippen LogP contribution in [0, 0.1) is 0 Å². The van der Waals surface area contributed by atoms with Gasteiger partial charge in [0.1, 0.15) is 11.3 Å². The fraction of sp³-hybridized carbons (Fsp3) is 0.273. The monoisotopic (exact) mass is 221 g/mol. The Morgan fingerprint density at radius 2 is 2.38 bits per heavy atom. The molecule has 0 saturated heterocycles. The highest BCUT2D eigenvalue weighted by Crippen LogP contribution is 2.20. The van der Waals surface area contributed by atoms with Gasteiger partial charge in [0.05, 0.1) is 6.61 Å². The Balaban J connectivity index is 2.28. The second kappa shape index (κ2) is 4.22. The molecular formula is C11H11NO4. The molecule has 2 rings (SSSR count). The molecule has 1 heterocycles. The smallest absolute Gasteiger partial charge is 0.394 e. The van der Waals surface area contributed by atoms with Gasteiger partial charge in [0.15, 0.2) is 5.58 Å². The van der Waals surface area contributed by atoms with Gasteiger partial charge in [-0.1, -0.05) is 6.92 Å². The number of carbonyl (C=O) groups excluding carboxylic acids is 1. The molecule has 0 radical (unpaired) electrons. The highest BCUT2D eigenvalue weighted by Gasteiger charge is 2.15. The summed E-state index contributed by atoms with van der Waals surface area (Å²) in [5, 5.41) is 9.22. The maximum atomic E-state index is 11.4. The van der Waals surface area contributed by atoms with E-state index in [0.29, 0.717) is 17.7 Å². The predicted octanol–water partition coefficient (Wildman–Crippen LogP) is 2.10. The van der Waals surface area contributed by atoms with Crippen LogP contribution >= 0.6 is 0 Å². The first-order valence-electron chi connectivity index (χ1n) is 4.97. The van der Waals surface area contributed by atoms with Gasteiger partial charge in [-0.05, 0) is 18.6 Å². The summed E-state index contributed by atoms with van der Waals surface area (Å²) in [6, 6.07) is 4.45. The number of hydrogen-bond donors (Lipinski definition) is 1. The number of phenolic OH excluding ortho intramolecular Hbond substituents is 1. The Morgan fingerprint density at radius 3 is 3.12 bits per heavy atom. The van der Waals surface area contributed by atoms with E-state index in [4.69, 9.17) is 9.15 Å². The summed E-state index contributed by atoms with van der Waals surface area (Å²) in [7, 11) is 0. The van der Waals surface area contributed by atoms with Crippen molar-refractivity contribution in [1.29, 1.82) is 0 Å². The molecule has 0 bridgehead atoms. The lowest BCUT2D eigenvalue weighted by Crippen LogP contribution is -2.05. The third-order valence-corrected chi connectivity index (χ3v) is 1.98. The van der Waals surface area contributed by atoms with Crippen molar-refractivity contribution < 1.29 is 19.1 Å². The lowest BCUT2D eigenvalue weighted by Gasteiger charge is -1.97. The van der Waals surface area contributed by atoms with E-state index >= 15 is 0 Å². The summed E-state index contributed by atoms with van der Waals surface area (Å²) >= 11 is 0. The number of nitrogens with zero attached hydrogens (tertiary/aromatic N) is 1. The number of hydrogen-bond acceptors (Lipinski definition) is 5. The molecule has 0 unspecified atom stereocenters. The zero-order valence-corrected chi connectivity index (χ0v) is 8.77. The number of ether oxygens (including phenoxy) is 1. The first-order chi connectivity index (χ1) is 7.70. The van der Waals surface area contributed by atoms with Gasteiger partial charge in [-0.15, -0.1) is 0 Å². The van der Waals surface area contributed by atoms with Crippen molar-refractivity contribution in [3.8, 4) is 5.75 Å². The molecule has 5 nitrogen and oxygen atoms in total. The second-order valence-electron chi connectivity index (χ2n) is 3.31. The molecule has 1 aromatic carbocycles. The highest BCUT2D eigenvalue weighted by molar-refractivity contribution is 5.88. The first kappa shape index (κ1) is 10.5. The van der Waals surface area contributed by atoms with E-state index in [9.17, 15) is 9.90 Å². The van der Waals surface area contributed by atoms with E-state index in [1.165, 1.54) is 12.1 Å². The Morgan fingerprint density at radius 1 is 1.56 bits per heavy atom. The number of oxazole rings is 1. The van der Waals surface area contributed by atoms with Crippen molar-refractivity contribution in [3.05, 3.63) is 24.1 Å². The summed E-state index contributed by atoms with van der Waals surface area (Å²) in [5.41, 5.74) is 0.879. The minimum atomic E-state index is -0.586. The summed E-state index contributed by atoms with van der Waals surface area (Å²) < 4.78 is 10.0. The Bertz CT molecular complexity index is 518. The molecular weight excluding hydrogens is 210 g/mol. The molecule has 5 heteroatoms. The van der Waals surface area contributed by atoms with Crippen LogP contribution in [-0.2, 0) is 4.74 Å². The van der Waals surface area contributed by atoms with Crippen molar-refractivity contribution in [2.24, 2.45) is 0 Å².